The van der Waals surface area contributed by atoms with Crippen LogP contribution in [0.1, 0.15) is 28.8 Å². The van der Waals surface area contributed by atoms with Gasteiger partial charge < -0.3 is 0 Å². The second kappa shape index (κ2) is 3.55. The van der Waals surface area contributed by atoms with Crippen LogP contribution in [0.3, 0.4) is 0 Å². The second-order valence-corrected chi connectivity index (χ2v) is 4.39. The largest absolute Gasteiger partial charge is 0.294 e. The highest BCUT2D eigenvalue weighted by atomic mass is 79.9. The van der Waals surface area contributed by atoms with Gasteiger partial charge in [-0.3, -0.25) is 4.79 Å². The molecule has 0 saturated carbocycles. The van der Waals surface area contributed by atoms with Crippen molar-refractivity contribution in [2.75, 3.05) is 0 Å². The number of hydrogen-bond donors (Lipinski definition) is 0. The van der Waals surface area contributed by atoms with Crippen LogP contribution < -0.4 is 0 Å². The van der Waals surface area contributed by atoms with Crippen LogP contribution in [0.4, 0.5) is 17.6 Å². The molecule has 0 bridgehead atoms. The molecule has 1 aliphatic rings. The summed E-state index contributed by atoms with van der Waals surface area (Å²) in [7, 11) is 0. The fourth-order valence-corrected chi connectivity index (χ4v) is 2.35. The third-order valence-corrected chi connectivity index (χ3v) is 3.11. The SMILES string of the molecule is O=C1CCC(F)(F)c2c(F)c(F)cc(Br)c21. The highest BCUT2D eigenvalue weighted by Gasteiger charge is 2.44. The number of carbonyl (C=O) groups excluding carboxylic acids is 1. The van der Waals surface area contributed by atoms with Crippen LogP contribution in [0.15, 0.2) is 10.5 Å². The van der Waals surface area contributed by atoms with Crippen molar-refractivity contribution in [3.05, 3.63) is 33.3 Å². The Bertz CT molecular complexity index is 484. The lowest BCUT2D eigenvalue weighted by atomic mass is 9.87. The van der Waals surface area contributed by atoms with E-state index in [2.05, 4.69) is 15.9 Å². The average molecular weight is 297 g/mol. The first-order chi connectivity index (χ1) is 7.34. The Balaban J connectivity index is 2.83. The molecule has 0 aliphatic heterocycles. The number of alkyl halides is 2. The van der Waals surface area contributed by atoms with Crippen molar-refractivity contribution in [2.24, 2.45) is 0 Å². The molecule has 0 amide bonds. The van der Waals surface area contributed by atoms with Crippen molar-refractivity contribution in [2.45, 2.75) is 18.8 Å². The van der Waals surface area contributed by atoms with Crippen LogP contribution in [-0.4, -0.2) is 5.78 Å². The van der Waals surface area contributed by atoms with E-state index in [0.29, 0.717) is 6.07 Å². The number of hydrogen-bond acceptors (Lipinski definition) is 1. The van der Waals surface area contributed by atoms with Gasteiger partial charge in [0, 0.05) is 22.9 Å². The molecule has 0 radical (unpaired) electrons. The lowest BCUT2D eigenvalue weighted by molar-refractivity contribution is -0.0232. The molecule has 0 N–H and O–H groups in total. The number of Topliss-reactive ketones (excluding diaryl/α,β-unsaturated/α-hetero) is 1. The van der Waals surface area contributed by atoms with E-state index in [9.17, 15) is 22.4 Å². The van der Waals surface area contributed by atoms with Crippen molar-refractivity contribution in [3.63, 3.8) is 0 Å². The van der Waals surface area contributed by atoms with Gasteiger partial charge in [-0.2, -0.15) is 0 Å². The number of halogens is 5. The predicted molar refractivity (Wildman–Crippen MR) is 51.5 cm³/mol. The van der Waals surface area contributed by atoms with Crippen molar-refractivity contribution in [1.29, 1.82) is 0 Å². The first kappa shape index (κ1) is 11.6. The highest BCUT2D eigenvalue weighted by Crippen LogP contribution is 2.44. The smallest absolute Gasteiger partial charge is 0.277 e. The summed E-state index contributed by atoms with van der Waals surface area (Å²) in [5.41, 5.74) is -1.58. The summed E-state index contributed by atoms with van der Waals surface area (Å²) < 4.78 is 53.0. The number of carbonyl (C=O) groups is 1. The zero-order valence-electron chi connectivity index (χ0n) is 7.79. The van der Waals surface area contributed by atoms with Gasteiger partial charge in [-0.1, -0.05) is 0 Å². The standard InChI is InChI=1S/C10H5BrF4O/c11-4-3-5(12)9(13)8-7(4)6(16)1-2-10(8,14)15/h3H,1-2H2. The molecule has 1 aromatic carbocycles. The molecule has 16 heavy (non-hydrogen) atoms. The molecule has 2 rings (SSSR count). The van der Waals surface area contributed by atoms with Gasteiger partial charge in [-0.25, -0.2) is 17.6 Å². The van der Waals surface area contributed by atoms with E-state index in [1.807, 2.05) is 0 Å². The van der Waals surface area contributed by atoms with Gasteiger partial charge in [-0.05, 0) is 22.0 Å². The molecule has 0 aromatic heterocycles. The van der Waals surface area contributed by atoms with Gasteiger partial charge in [-0.15, -0.1) is 0 Å². The summed E-state index contributed by atoms with van der Waals surface area (Å²) in [6.07, 6.45) is -1.16. The highest BCUT2D eigenvalue weighted by molar-refractivity contribution is 9.10. The first-order valence-corrected chi connectivity index (χ1v) is 5.23. The molecule has 86 valence electrons. The van der Waals surface area contributed by atoms with Crippen molar-refractivity contribution < 1.29 is 22.4 Å². The van der Waals surface area contributed by atoms with E-state index in [0.717, 1.165) is 0 Å². The second-order valence-electron chi connectivity index (χ2n) is 3.53. The van der Waals surface area contributed by atoms with Crippen LogP contribution in [-0.2, 0) is 5.92 Å². The molecule has 1 aromatic rings. The third-order valence-electron chi connectivity index (χ3n) is 2.48. The minimum atomic E-state index is -3.50. The maximum absolute atomic E-state index is 13.4. The number of benzene rings is 1. The zero-order chi connectivity index (χ0) is 12.1. The van der Waals surface area contributed by atoms with Crippen LogP contribution >= 0.6 is 15.9 Å². The van der Waals surface area contributed by atoms with E-state index < -0.39 is 40.9 Å². The Hall–Kier alpha value is -0.910. The maximum atomic E-state index is 13.4. The van der Waals surface area contributed by atoms with Crippen molar-refractivity contribution in [3.8, 4) is 0 Å². The Labute approximate surface area is 96.6 Å². The normalized spacial score (nSPS) is 18.4. The van der Waals surface area contributed by atoms with Crippen molar-refractivity contribution in [1.82, 2.24) is 0 Å². The monoisotopic (exact) mass is 296 g/mol. The molecule has 0 spiro atoms. The molecular formula is C10H5BrF4O. The topological polar surface area (TPSA) is 17.1 Å². The molecular weight excluding hydrogens is 292 g/mol. The quantitative estimate of drug-likeness (QED) is 0.526. The minimum absolute atomic E-state index is 0.134. The van der Waals surface area contributed by atoms with E-state index in [4.69, 9.17) is 0 Å². The summed E-state index contributed by atoms with van der Waals surface area (Å²) in [6, 6.07) is 0.688. The zero-order valence-corrected chi connectivity index (χ0v) is 9.38. The number of rotatable bonds is 0. The molecule has 1 aliphatic carbocycles. The summed E-state index contributed by atoms with van der Waals surface area (Å²) in [5.74, 6) is -7.14. The molecule has 1 nitrogen and oxygen atoms in total. The van der Waals surface area contributed by atoms with E-state index >= 15 is 0 Å². The fourth-order valence-electron chi connectivity index (χ4n) is 1.73. The Morgan fingerprint density at radius 3 is 2.56 bits per heavy atom. The van der Waals surface area contributed by atoms with Crippen LogP contribution in [0.2, 0.25) is 0 Å². The summed E-state index contributed by atoms with van der Waals surface area (Å²) in [5, 5.41) is 0. The van der Waals surface area contributed by atoms with Gasteiger partial charge in [0.1, 0.15) is 0 Å². The molecule has 0 heterocycles. The van der Waals surface area contributed by atoms with E-state index in [-0.39, 0.29) is 10.9 Å². The van der Waals surface area contributed by atoms with Crippen molar-refractivity contribution >= 4 is 21.7 Å². The molecule has 6 heteroatoms. The maximum Gasteiger partial charge on any atom is 0.277 e. The van der Waals surface area contributed by atoms with E-state index in [1.54, 1.807) is 0 Å². The van der Waals surface area contributed by atoms with Gasteiger partial charge in [0.05, 0.1) is 5.56 Å². The Kier molecular flexibility index (Phi) is 2.57. The minimum Gasteiger partial charge on any atom is -0.294 e. The number of ketones is 1. The molecule has 0 fully saturated rings. The number of fused-ring (bicyclic) bond motifs is 1. The van der Waals surface area contributed by atoms with Gasteiger partial charge >= 0.3 is 0 Å². The third kappa shape index (κ3) is 1.55. The van der Waals surface area contributed by atoms with E-state index in [1.165, 1.54) is 0 Å². The predicted octanol–water partition coefficient (Wildman–Crippen LogP) is 3.80. The van der Waals surface area contributed by atoms with Gasteiger partial charge in [0.2, 0.25) is 0 Å². The molecule has 0 saturated heterocycles. The Morgan fingerprint density at radius 1 is 1.31 bits per heavy atom. The fraction of sp³-hybridized carbons (Fsp3) is 0.300. The van der Waals surface area contributed by atoms with Gasteiger partial charge in [0.25, 0.3) is 5.92 Å². The lowest BCUT2D eigenvalue weighted by Gasteiger charge is -2.25. The lowest BCUT2D eigenvalue weighted by Crippen LogP contribution is -2.27. The van der Waals surface area contributed by atoms with Crippen LogP contribution in [0.25, 0.3) is 0 Å². The first-order valence-electron chi connectivity index (χ1n) is 4.43. The Morgan fingerprint density at radius 2 is 1.94 bits per heavy atom. The average Bonchev–Trinajstić information content (AvgIpc) is 2.18. The summed E-state index contributed by atoms with van der Waals surface area (Å²) in [4.78, 5) is 11.4. The van der Waals surface area contributed by atoms with Crippen LogP contribution in [0.5, 0.6) is 0 Å². The summed E-state index contributed by atoms with van der Waals surface area (Å²) in [6.45, 7) is 0. The van der Waals surface area contributed by atoms with Crippen LogP contribution in [0, 0.1) is 11.6 Å². The molecule has 0 atom stereocenters. The summed E-state index contributed by atoms with van der Waals surface area (Å²) >= 11 is 2.80. The molecule has 0 unspecified atom stereocenters. The van der Waals surface area contributed by atoms with Gasteiger partial charge in [0.15, 0.2) is 17.4 Å².